The molecule has 0 spiro atoms. The molecule has 0 saturated heterocycles. The van der Waals surface area contributed by atoms with Crippen LogP contribution in [-0.2, 0) is 0 Å². The molecule has 1 nitrogen and oxygen atoms in total. The lowest BCUT2D eigenvalue weighted by atomic mass is 9.84. The van der Waals surface area contributed by atoms with Crippen LogP contribution in [0.25, 0.3) is 0 Å². The van der Waals surface area contributed by atoms with Crippen molar-refractivity contribution >= 4 is 11.4 Å². The molecule has 3 rings (SSSR count). The second kappa shape index (κ2) is 6.13. The summed E-state index contributed by atoms with van der Waals surface area (Å²) < 4.78 is 8.69. The maximum atomic E-state index is 8.69. The molecule has 0 atom stereocenters. The molecule has 1 aliphatic carbocycles. The van der Waals surface area contributed by atoms with Crippen LogP contribution in [0.1, 0.15) is 44.9 Å². The number of hydrogen-bond acceptors (Lipinski definition) is 1. The minimum absolute atomic E-state index is 0.359. The van der Waals surface area contributed by atoms with E-state index in [0.29, 0.717) is 0 Å². The van der Waals surface area contributed by atoms with Gasteiger partial charge in [0.05, 0.1) is 0 Å². The first-order chi connectivity index (χ1) is 10.2. The van der Waals surface area contributed by atoms with E-state index in [9.17, 15) is 0 Å². The van der Waals surface area contributed by atoms with Crippen LogP contribution in [0, 0.1) is 0 Å². The first-order valence-corrected chi connectivity index (χ1v) is 7.58. The maximum Gasteiger partial charge on any atom is 0.0408 e. The summed E-state index contributed by atoms with van der Waals surface area (Å²) >= 11 is 0. The van der Waals surface area contributed by atoms with E-state index in [1.165, 1.54) is 36.2 Å². The minimum atomic E-state index is -0.359. The molecule has 0 amide bonds. The van der Waals surface area contributed by atoms with Crippen LogP contribution in [-0.4, -0.2) is 7.05 Å². The molecule has 0 bridgehead atoms. The highest BCUT2D eigenvalue weighted by Crippen LogP contribution is 2.33. The van der Waals surface area contributed by atoms with Gasteiger partial charge in [0.25, 0.3) is 0 Å². The van der Waals surface area contributed by atoms with Crippen LogP contribution < -0.4 is 4.90 Å². The van der Waals surface area contributed by atoms with Crippen LogP contribution in [0.4, 0.5) is 11.4 Å². The SMILES string of the molecule is [2H]C1(c2ccc(N(C)c3ccccc3)cc2)CCCCC1. The van der Waals surface area contributed by atoms with Gasteiger partial charge in [-0.3, -0.25) is 0 Å². The van der Waals surface area contributed by atoms with Gasteiger partial charge in [0.2, 0.25) is 0 Å². The van der Waals surface area contributed by atoms with Crippen LogP contribution in [0.15, 0.2) is 54.6 Å². The molecule has 0 unspecified atom stereocenters. The van der Waals surface area contributed by atoms with Crippen LogP contribution in [0.3, 0.4) is 0 Å². The largest absolute Gasteiger partial charge is 0.345 e. The molecule has 1 heteroatoms. The van der Waals surface area contributed by atoms with Gasteiger partial charge in [-0.15, -0.1) is 0 Å². The third-order valence-electron chi connectivity index (χ3n) is 4.26. The third-order valence-corrected chi connectivity index (χ3v) is 4.26. The molecule has 0 aromatic heterocycles. The van der Waals surface area contributed by atoms with E-state index in [1.54, 1.807) is 0 Å². The molecular formula is C19H23N. The topological polar surface area (TPSA) is 3.24 Å². The Morgan fingerprint density at radius 2 is 1.45 bits per heavy atom. The van der Waals surface area contributed by atoms with Gasteiger partial charge in [0, 0.05) is 19.8 Å². The molecule has 0 heterocycles. The Labute approximate surface area is 123 Å². The first-order valence-electron chi connectivity index (χ1n) is 8.08. The predicted octanol–water partition coefficient (Wildman–Crippen LogP) is 5.50. The van der Waals surface area contributed by atoms with Gasteiger partial charge in [0.1, 0.15) is 0 Å². The molecule has 1 saturated carbocycles. The zero-order valence-corrected chi connectivity index (χ0v) is 12.2. The fourth-order valence-corrected chi connectivity index (χ4v) is 2.99. The van der Waals surface area contributed by atoms with Crippen molar-refractivity contribution < 1.29 is 1.37 Å². The van der Waals surface area contributed by atoms with Gasteiger partial charge in [0.15, 0.2) is 0 Å². The van der Waals surface area contributed by atoms with Gasteiger partial charge in [-0.2, -0.15) is 0 Å². The van der Waals surface area contributed by atoms with Crippen LogP contribution >= 0.6 is 0 Å². The van der Waals surface area contributed by atoms with Crippen molar-refractivity contribution in [3.63, 3.8) is 0 Å². The molecule has 2 aromatic carbocycles. The number of benzene rings is 2. The Hall–Kier alpha value is -1.76. The lowest BCUT2D eigenvalue weighted by Gasteiger charge is -2.24. The van der Waals surface area contributed by atoms with Crippen molar-refractivity contribution in [2.45, 2.75) is 38.0 Å². The maximum absolute atomic E-state index is 8.69. The van der Waals surface area contributed by atoms with E-state index in [4.69, 9.17) is 1.37 Å². The quantitative estimate of drug-likeness (QED) is 0.708. The number of nitrogens with zero attached hydrogens (tertiary/aromatic N) is 1. The summed E-state index contributed by atoms with van der Waals surface area (Å²) in [5, 5.41) is 0. The Morgan fingerprint density at radius 3 is 2.10 bits per heavy atom. The van der Waals surface area contributed by atoms with E-state index >= 15 is 0 Å². The van der Waals surface area contributed by atoms with E-state index in [0.717, 1.165) is 12.8 Å². The first kappa shape index (κ1) is 12.0. The smallest absolute Gasteiger partial charge is 0.0408 e. The van der Waals surface area contributed by atoms with E-state index < -0.39 is 0 Å². The minimum Gasteiger partial charge on any atom is -0.345 e. The summed E-state index contributed by atoms with van der Waals surface area (Å²) in [6, 6.07) is 19.0. The summed E-state index contributed by atoms with van der Waals surface area (Å²) in [6.45, 7) is 0. The summed E-state index contributed by atoms with van der Waals surface area (Å²) in [5.74, 6) is -0.359. The number of anilines is 2. The van der Waals surface area contributed by atoms with E-state index in [1.807, 2.05) is 6.07 Å². The average molecular weight is 266 g/mol. The monoisotopic (exact) mass is 266 g/mol. The molecule has 0 radical (unpaired) electrons. The van der Waals surface area contributed by atoms with Crippen LogP contribution in [0.5, 0.6) is 0 Å². The zero-order chi connectivity index (χ0) is 14.7. The predicted molar refractivity (Wildman–Crippen MR) is 86.8 cm³/mol. The highest BCUT2D eigenvalue weighted by Gasteiger charge is 2.15. The van der Waals surface area contributed by atoms with Gasteiger partial charge in [-0.1, -0.05) is 49.6 Å². The Bertz CT molecular complexity index is 570. The normalized spacial score (nSPS) is 18.4. The summed E-state index contributed by atoms with van der Waals surface area (Å²) in [5.41, 5.74) is 3.53. The molecule has 104 valence electrons. The zero-order valence-electron chi connectivity index (χ0n) is 13.2. The third kappa shape index (κ3) is 2.87. The molecule has 0 N–H and O–H groups in total. The van der Waals surface area contributed by atoms with Crippen molar-refractivity contribution in [2.24, 2.45) is 0 Å². The fraction of sp³-hybridized carbons (Fsp3) is 0.368. The van der Waals surface area contributed by atoms with Gasteiger partial charge in [-0.25, -0.2) is 0 Å². The van der Waals surface area contributed by atoms with Crippen molar-refractivity contribution in [1.29, 1.82) is 0 Å². The van der Waals surface area contributed by atoms with E-state index in [2.05, 4.69) is 60.5 Å². The van der Waals surface area contributed by atoms with Crippen molar-refractivity contribution in [3.05, 3.63) is 60.2 Å². The number of rotatable bonds is 3. The second-order valence-electron chi connectivity index (χ2n) is 5.61. The van der Waals surface area contributed by atoms with Crippen LogP contribution in [0.2, 0.25) is 0 Å². The van der Waals surface area contributed by atoms with Crippen molar-refractivity contribution in [1.82, 2.24) is 0 Å². The molecule has 20 heavy (non-hydrogen) atoms. The Morgan fingerprint density at radius 1 is 0.850 bits per heavy atom. The summed E-state index contributed by atoms with van der Waals surface area (Å²) in [6.07, 6.45) is 5.67. The molecule has 1 aliphatic rings. The highest BCUT2D eigenvalue weighted by molar-refractivity contribution is 5.62. The number of hydrogen-bond donors (Lipinski definition) is 0. The lowest BCUT2D eigenvalue weighted by Crippen LogP contribution is -2.09. The lowest BCUT2D eigenvalue weighted by molar-refractivity contribution is 0.443. The Balaban J connectivity index is 1.81. The summed E-state index contributed by atoms with van der Waals surface area (Å²) in [4.78, 5) is 2.18. The van der Waals surface area contributed by atoms with Crippen molar-refractivity contribution in [3.8, 4) is 0 Å². The molecule has 2 aromatic rings. The standard InChI is InChI=1S/C19H23N/c1-20(18-10-6-3-7-11-18)19-14-12-17(13-15-19)16-8-4-2-5-9-16/h3,6-7,10-16H,2,4-5,8-9H2,1H3/i16D. The molecule has 0 aliphatic heterocycles. The van der Waals surface area contributed by atoms with Crippen molar-refractivity contribution in [2.75, 3.05) is 11.9 Å². The fourth-order valence-electron chi connectivity index (χ4n) is 2.99. The number of para-hydroxylation sites is 1. The Kier molecular flexibility index (Phi) is 3.68. The van der Waals surface area contributed by atoms with Gasteiger partial charge >= 0.3 is 0 Å². The molecule has 1 fully saturated rings. The van der Waals surface area contributed by atoms with E-state index in [-0.39, 0.29) is 5.89 Å². The summed E-state index contributed by atoms with van der Waals surface area (Å²) in [7, 11) is 2.08. The molecular weight excluding hydrogens is 242 g/mol. The highest BCUT2D eigenvalue weighted by atomic mass is 15.1. The van der Waals surface area contributed by atoms with Gasteiger partial charge in [-0.05, 0) is 48.6 Å². The average Bonchev–Trinajstić information content (AvgIpc) is 2.56. The van der Waals surface area contributed by atoms with Gasteiger partial charge < -0.3 is 4.90 Å². The second-order valence-corrected chi connectivity index (χ2v) is 5.61.